The molecule has 1 aromatic rings. The van der Waals surface area contributed by atoms with Crippen LogP contribution in [0.1, 0.15) is 12.0 Å². The van der Waals surface area contributed by atoms with Crippen molar-refractivity contribution >= 4 is 11.8 Å². The van der Waals surface area contributed by atoms with E-state index in [1.54, 1.807) is 11.8 Å². The second kappa shape index (κ2) is 5.90. The van der Waals surface area contributed by atoms with Crippen LogP contribution in [-0.2, 0) is 6.42 Å². The zero-order valence-corrected chi connectivity index (χ0v) is 8.18. The van der Waals surface area contributed by atoms with Gasteiger partial charge in [0, 0.05) is 0 Å². The van der Waals surface area contributed by atoms with Crippen molar-refractivity contribution in [2.24, 2.45) is 0 Å². The van der Waals surface area contributed by atoms with Gasteiger partial charge in [-0.25, -0.2) is 0 Å². The zero-order chi connectivity index (χ0) is 8.65. The number of rotatable bonds is 4. The fourth-order valence-electron chi connectivity index (χ4n) is 1.06. The molecule has 1 aromatic carbocycles. The summed E-state index contributed by atoms with van der Waals surface area (Å²) in [5.74, 6) is 0. The predicted molar refractivity (Wildman–Crippen MR) is 57.4 cm³/mol. The Morgan fingerprint density at radius 1 is 1.25 bits per heavy atom. The molecule has 0 aliphatic heterocycles. The van der Waals surface area contributed by atoms with Crippen LogP contribution in [0.3, 0.4) is 0 Å². The van der Waals surface area contributed by atoms with E-state index in [0.29, 0.717) is 0 Å². The molecule has 0 heterocycles. The smallest absolute Gasteiger partial charge is 0.0142 e. The molecule has 1 heteroatoms. The summed E-state index contributed by atoms with van der Waals surface area (Å²) in [6.45, 7) is 0. The molecule has 0 saturated carbocycles. The lowest BCUT2D eigenvalue weighted by molar-refractivity contribution is 1.00. The van der Waals surface area contributed by atoms with E-state index < -0.39 is 0 Å². The molecule has 0 unspecified atom stereocenters. The molecule has 0 radical (unpaired) electrons. The molecule has 1 rings (SSSR count). The lowest BCUT2D eigenvalue weighted by Gasteiger charge is -1.95. The number of benzene rings is 1. The summed E-state index contributed by atoms with van der Waals surface area (Å²) in [4.78, 5) is 0. The third kappa shape index (κ3) is 3.63. The van der Waals surface area contributed by atoms with E-state index in [1.807, 2.05) is 0 Å². The van der Waals surface area contributed by atoms with Gasteiger partial charge in [-0.3, -0.25) is 0 Å². The summed E-state index contributed by atoms with van der Waals surface area (Å²) in [5.41, 5.74) is 1.42. The third-order valence-corrected chi connectivity index (χ3v) is 2.14. The Morgan fingerprint density at radius 3 is 2.67 bits per heavy atom. The first-order valence-electron chi connectivity index (χ1n) is 4.15. The van der Waals surface area contributed by atoms with Crippen molar-refractivity contribution in [3.8, 4) is 0 Å². The van der Waals surface area contributed by atoms with E-state index in [2.05, 4.69) is 48.1 Å². The standard InChI is InChI=1S/C11H14S/c1-12-10-6-5-9-11-7-3-2-4-8-11/h2-4,6-8,10H,5,9H2,1H3/b10-6+. The molecule has 0 spiro atoms. The highest BCUT2D eigenvalue weighted by Gasteiger charge is 1.86. The average Bonchev–Trinajstić information content (AvgIpc) is 2.14. The second-order valence-electron chi connectivity index (χ2n) is 2.63. The van der Waals surface area contributed by atoms with Gasteiger partial charge in [0.15, 0.2) is 0 Å². The Hall–Kier alpha value is -0.690. The Labute approximate surface area is 78.7 Å². The Balaban J connectivity index is 2.29. The SMILES string of the molecule is CS/C=C/CCc1ccccc1. The molecule has 0 N–H and O–H groups in total. The lowest BCUT2D eigenvalue weighted by atomic mass is 10.1. The molecule has 0 amide bonds. The highest BCUT2D eigenvalue weighted by Crippen LogP contribution is 2.04. The van der Waals surface area contributed by atoms with Crippen LogP contribution in [0.25, 0.3) is 0 Å². The lowest BCUT2D eigenvalue weighted by Crippen LogP contribution is -1.80. The van der Waals surface area contributed by atoms with Gasteiger partial charge in [-0.1, -0.05) is 36.4 Å². The predicted octanol–water partition coefficient (Wildman–Crippen LogP) is 3.50. The molecule has 0 saturated heterocycles. The van der Waals surface area contributed by atoms with Gasteiger partial charge in [0.25, 0.3) is 0 Å². The normalized spacial score (nSPS) is 10.8. The van der Waals surface area contributed by atoms with Crippen molar-refractivity contribution in [3.63, 3.8) is 0 Å². The van der Waals surface area contributed by atoms with Crippen LogP contribution in [0.5, 0.6) is 0 Å². The monoisotopic (exact) mass is 178 g/mol. The molecule has 0 nitrogen and oxygen atoms in total. The maximum Gasteiger partial charge on any atom is -0.0142 e. The number of thioether (sulfide) groups is 1. The minimum atomic E-state index is 1.14. The van der Waals surface area contributed by atoms with Crippen LogP contribution in [0, 0.1) is 0 Å². The Morgan fingerprint density at radius 2 is 2.00 bits per heavy atom. The number of hydrogen-bond acceptors (Lipinski definition) is 1. The van der Waals surface area contributed by atoms with Crippen molar-refractivity contribution in [2.75, 3.05) is 6.26 Å². The van der Waals surface area contributed by atoms with E-state index in [-0.39, 0.29) is 0 Å². The molecule has 12 heavy (non-hydrogen) atoms. The maximum atomic E-state index is 2.22. The topological polar surface area (TPSA) is 0 Å². The van der Waals surface area contributed by atoms with E-state index in [1.165, 1.54) is 5.56 Å². The quantitative estimate of drug-likeness (QED) is 0.680. The van der Waals surface area contributed by atoms with E-state index in [0.717, 1.165) is 12.8 Å². The summed E-state index contributed by atoms with van der Waals surface area (Å²) in [5, 5.41) is 2.14. The molecular formula is C11H14S. The molecule has 0 aliphatic carbocycles. The molecular weight excluding hydrogens is 164 g/mol. The summed E-state index contributed by atoms with van der Waals surface area (Å²) < 4.78 is 0. The van der Waals surface area contributed by atoms with Crippen LogP contribution in [0.2, 0.25) is 0 Å². The van der Waals surface area contributed by atoms with Gasteiger partial charge in [-0.2, -0.15) is 0 Å². The van der Waals surface area contributed by atoms with Crippen LogP contribution in [0.15, 0.2) is 41.8 Å². The summed E-state index contributed by atoms with van der Waals surface area (Å²) in [6.07, 6.45) is 6.60. The third-order valence-electron chi connectivity index (χ3n) is 1.67. The Kier molecular flexibility index (Phi) is 4.62. The molecule has 0 fully saturated rings. The summed E-state index contributed by atoms with van der Waals surface area (Å²) in [6, 6.07) is 10.6. The summed E-state index contributed by atoms with van der Waals surface area (Å²) in [7, 11) is 0. The first kappa shape index (κ1) is 9.40. The van der Waals surface area contributed by atoms with Gasteiger partial charge in [-0.15, -0.1) is 11.8 Å². The van der Waals surface area contributed by atoms with E-state index in [9.17, 15) is 0 Å². The first-order chi connectivity index (χ1) is 5.93. The van der Waals surface area contributed by atoms with Crippen LogP contribution >= 0.6 is 11.8 Å². The maximum absolute atomic E-state index is 2.22. The first-order valence-corrected chi connectivity index (χ1v) is 5.44. The van der Waals surface area contributed by atoms with Gasteiger partial charge < -0.3 is 0 Å². The number of aryl methyl sites for hydroxylation is 1. The molecule has 64 valence electrons. The second-order valence-corrected chi connectivity index (χ2v) is 3.38. The van der Waals surface area contributed by atoms with Crippen molar-refractivity contribution in [2.45, 2.75) is 12.8 Å². The van der Waals surface area contributed by atoms with Crippen LogP contribution in [-0.4, -0.2) is 6.26 Å². The van der Waals surface area contributed by atoms with Crippen molar-refractivity contribution in [1.29, 1.82) is 0 Å². The van der Waals surface area contributed by atoms with E-state index >= 15 is 0 Å². The zero-order valence-electron chi connectivity index (χ0n) is 7.36. The number of allylic oxidation sites excluding steroid dienone is 1. The Bertz CT molecular complexity index is 226. The molecule has 0 aliphatic rings. The molecule has 0 aromatic heterocycles. The van der Waals surface area contributed by atoms with Gasteiger partial charge in [0.1, 0.15) is 0 Å². The summed E-state index contributed by atoms with van der Waals surface area (Å²) >= 11 is 1.76. The van der Waals surface area contributed by atoms with Gasteiger partial charge in [-0.05, 0) is 30.1 Å². The average molecular weight is 178 g/mol. The van der Waals surface area contributed by atoms with Gasteiger partial charge in [0.2, 0.25) is 0 Å². The van der Waals surface area contributed by atoms with Crippen LogP contribution in [0.4, 0.5) is 0 Å². The minimum absolute atomic E-state index is 1.14. The van der Waals surface area contributed by atoms with Crippen molar-refractivity contribution < 1.29 is 0 Å². The fraction of sp³-hybridized carbons (Fsp3) is 0.273. The van der Waals surface area contributed by atoms with Crippen molar-refractivity contribution in [1.82, 2.24) is 0 Å². The van der Waals surface area contributed by atoms with Gasteiger partial charge in [0.05, 0.1) is 0 Å². The highest BCUT2D eigenvalue weighted by atomic mass is 32.2. The van der Waals surface area contributed by atoms with Crippen molar-refractivity contribution in [3.05, 3.63) is 47.4 Å². The highest BCUT2D eigenvalue weighted by molar-refractivity contribution is 8.01. The largest absolute Gasteiger partial charge is 0.138 e. The van der Waals surface area contributed by atoms with Crippen LogP contribution < -0.4 is 0 Å². The fourth-order valence-corrected chi connectivity index (χ4v) is 1.39. The molecule has 0 atom stereocenters. The van der Waals surface area contributed by atoms with E-state index in [4.69, 9.17) is 0 Å². The number of hydrogen-bond donors (Lipinski definition) is 0. The van der Waals surface area contributed by atoms with Gasteiger partial charge >= 0.3 is 0 Å². The molecule has 0 bridgehead atoms. The minimum Gasteiger partial charge on any atom is -0.138 e.